The van der Waals surface area contributed by atoms with Crippen LogP contribution in [0.1, 0.15) is 24.8 Å². The van der Waals surface area contributed by atoms with Crippen LogP contribution in [0.3, 0.4) is 0 Å². The van der Waals surface area contributed by atoms with Gasteiger partial charge in [-0.05, 0) is 54.8 Å². The molecule has 2 rings (SSSR count). The largest absolute Gasteiger partial charge is 0.497 e. The molecule has 0 saturated carbocycles. The molecule has 138 valence electrons. The zero-order valence-electron chi connectivity index (χ0n) is 14.7. The number of benzene rings is 2. The fourth-order valence-electron chi connectivity index (χ4n) is 2.37. The molecular formula is C20H23NO5. The summed E-state index contributed by atoms with van der Waals surface area (Å²) in [6, 6.07) is 14.5. The van der Waals surface area contributed by atoms with Crippen LogP contribution < -0.4 is 14.8 Å². The number of hydrogen-bond acceptors (Lipinski definition) is 4. The van der Waals surface area contributed by atoms with E-state index in [1.165, 1.54) is 0 Å². The quantitative estimate of drug-likeness (QED) is 0.636. The molecule has 2 aromatic carbocycles. The first-order valence-electron chi connectivity index (χ1n) is 8.44. The number of rotatable bonds is 10. The van der Waals surface area contributed by atoms with Crippen LogP contribution in [0.4, 0.5) is 5.69 Å². The Morgan fingerprint density at radius 1 is 1.04 bits per heavy atom. The highest BCUT2D eigenvalue weighted by Crippen LogP contribution is 2.17. The Morgan fingerprint density at radius 3 is 2.46 bits per heavy atom. The number of carboxylic acid groups (broad SMARTS) is 1. The van der Waals surface area contributed by atoms with Crippen LogP contribution in [0.25, 0.3) is 0 Å². The van der Waals surface area contributed by atoms with E-state index in [0.29, 0.717) is 31.6 Å². The minimum atomic E-state index is -0.837. The zero-order chi connectivity index (χ0) is 18.8. The molecule has 0 fully saturated rings. The van der Waals surface area contributed by atoms with Gasteiger partial charge in [-0.15, -0.1) is 0 Å². The van der Waals surface area contributed by atoms with Crippen molar-refractivity contribution in [2.75, 3.05) is 19.0 Å². The first-order valence-corrected chi connectivity index (χ1v) is 8.44. The van der Waals surface area contributed by atoms with Crippen LogP contribution in [-0.2, 0) is 16.0 Å². The summed E-state index contributed by atoms with van der Waals surface area (Å²) in [4.78, 5) is 22.6. The smallest absolute Gasteiger partial charge is 0.303 e. The molecule has 2 aromatic rings. The lowest BCUT2D eigenvalue weighted by Crippen LogP contribution is -2.13. The van der Waals surface area contributed by atoms with Gasteiger partial charge in [0.05, 0.1) is 13.7 Å². The average Bonchev–Trinajstić information content (AvgIpc) is 2.64. The maximum Gasteiger partial charge on any atom is 0.303 e. The van der Waals surface area contributed by atoms with Crippen molar-refractivity contribution >= 4 is 17.6 Å². The van der Waals surface area contributed by atoms with Crippen LogP contribution in [0.5, 0.6) is 11.5 Å². The second kappa shape index (κ2) is 10.1. The monoisotopic (exact) mass is 357 g/mol. The van der Waals surface area contributed by atoms with Crippen molar-refractivity contribution < 1.29 is 24.2 Å². The van der Waals surface area contributed by atoms with Crippen LogP contribution in [-0.4, -0.2) is 30.7 Å². The molecule has 0 unspecified atom stereocenters. The molecule has 0 radical (unpaired) electrons. The number of carbonyl (C=O) groups excluding carboxylic acids is 1. The van der Waals surface area contributed by atoms with Gasteiger partial charge in [-0.2, -0.15) is 0 Å². The Kier molecular flexibility index (Phi) is 7.49. The first kappa shape index (κ1) is 19.3. The lowest BCUT2D eigenvalue weighted by Gasteiger charge is -2.09. The summed E-state index contributed by atoms with van der Waals surface area (Å²) in [5, 5.41) is 11.6. The topological polar surface area (TPSA) is 84.9 Å². The molecule has 0 heterocycles. The van der Waals surface area contributed by atoms with Gasteiger partial charge in [0.25, 0.3) is 0 Å². The highest BCUT2D eigenvalue weighted by Gasteiger charge is 2.05. The molecule has 0 bridgehead atoms. The summed E-state index contributed by atoms with van der Waals surface area (Å²) in [6.45, 7) is 0.443. The number of carbonyl (C=O) groups is 2. The molecule has 0 aliphatic rings. The van der Waals surface area contributed by atoms with Crippen molar-refractivity contribution in [2.24, 2.45) is 0 Å². The number of ether oxygens (including phenoxy) is 2. The minimum absolute atomic E-state index is 0.0695. The second-order valence-corrected chi connectivity index (χ2v) is 5.77. The SMILES string of the molecule is COc1ccc(OCCCC(=O)Nc2cccc(CCC(=O)O)c2)cc1. The van der Waals surface area contributed by atoms with E-state index in [-0.39, 0.29) is 12.3 Å². The number of aliphatic carboxylic acids is 1. The maximum atomic E-state index is 12.0. The van der Waals surface area contributed by atoms with Crippen molar-refractivity contribution in [1.82, 2.24) is 0 Å². The van der Waals surface area contributed by atoms with Gasteiger partial charge in [-0.1, -0.05) is 12.1 Å². The van der Waals surface area contributed by atoms with E-state index in [2.05, 4.69) is 5.32 Å². The Hall–Kier alpha value is -3.02. The predicted octanol–water partition coefficient (Wildman–Crippen LogP) is 3.51. The Bertz CT molecular complexity index is 727. The normalized spacial score (nSPS) is 10.2. The molecular weight excluding hydrogens is 334 g/mol. The van der Waals surface area contributed by atoms with Gasteiger partial charge in [-0.25, -0.2) is 0 Å². The second-order valence-electron chi connectivity index (χ2n) is 5.77. The van der Waals surface area contributed by atoms with E-state index < -0.39 is 5.97 Å². The summed E-state index contributed by atoms with van der Waals surface area (Å²) in [7, 11) is 1.61. The van der Waals surface area contributed by atoms with Gasteiger partial charge < -0.3 is 19.9 Å². The van der Waals surface area contributed by atoms with Gasteiger partial charge in [0, 0.05) is 18.5 Å². The number of aryl methyl sites for hydroxylation is 1. The van der Waals surface area contributed by atoms with Gasteiger partial charge in [0.2, 0.25) is 5.91 Å². The number of amides is 1. The number of methoxy groups -OCH3 is 1. The van der Waals surface area contributed by atoms with Gasteiger partial charge in [0.1, 0.15) is 11.5 Å². The van der Waals surface area contributed by atoms with Gasteiger partial charge >= 0.3 is 5.97 Å². The number of anilines is 1. The van der Waals surface area contributed by atoms with E-state index >= 15 is 0 Å². The fourth-order valence-corrected chi connectivity index (χ4v) is 2.37. The highest BCUT2D eigenvalue weighted by atomic mass is 16.5. The summed E-state index contributed by atoms with van der Waals surface area (Å²) in [5.74, 6) is 0.565. The molecule has 0 aliphatic heterocycles. The van der Waals surface area contributed by atoms with E-state index in [0.717, 1.165) is 17.1 Å². The molecule has 0 spiro atoms. The lowest BCUT2D eigenvalue weighted by atomic mass is 10.1. The molecule has 0 saturated heterocycles. The third-order valence-electron chi connectivity index (χ3n) is 3.71. The molecule has 1 amide bonds. The highest BCUT2D eigenvalue weighted by molar-refractivity contribution is 5.90. The predicted molar refractivity (Wildman–Crippen MR) is 98.8 cm³/mol. The Labute approximate surface area is 152 Å². The van der Waals surface area contributed by atoms with Crippen LogP contribution in [0.2, 0.25) is 0 Å². The number of nitrogens with one attached hydrogen (secondary N) is 1. The van der Waals surface area contributed by atoms with Crippen LogP contribution in [0, 0.1) is 0 Å². The van der Waals surface area contributed by atoms with E-state index in [1.807, 2.05) is 30.3 Å². The van der Waals surface area contributed by atoms with Crippen molar-refractivity contribution in [3.63, 3.8) is 0 Å². The third kappa shape index (κ3) is 6.84. The van der Waals surface area contributed by atoms with Crippen molar-refractivity contribution in [3.8, 4) is 11.5 Å². The van der Waals surface area contributed by atoms with Crippen molar-refractivity contribution in [3.05, 3.63) is 54.1 Å². The van der Waals surface area contributed by atoms with Crippen LogP contribution >= 0.6 is 0 Å². The maximum absolute atomic E-state index is 12.0. The Morgan fingerprint density at radius 2 is 1.77 bits per heavy atom. The molecule has 6 heteroatoms. The number of carboxylic acids is 1. The van der Waals surface area contributed by atoms with Gasteiger partial charge in [-0.3, -0.25) is 9.59 Å². The van der Waals surface area contributed by atoms with Crippen molar-refractivity contribution in [1.29, 1.82) is 0 Å². The molecule has 0 aliphatic carbocycles. The molecule has 6 nitrogen and oxygen atoms in total. The lowest BCUT2D eigenvalue weighted by molar-refractivity contribution is -0.137. The standard InChI is InChI=1S/C20H23NO5/c1-25-17-8-10-18(11-9-17)26-13-3-6-19(22)21-16-5-2-4-15(14-16)7-12-20(23)24/h2,4-5,8-11,14H,3,6-7,12-13H2,1H3,(H,21,22)(H,23,24). The van der Waals surface area contributed by atoms with E-state index in [9.17, 15) is 9.59 Å². The Balaban J connectivity index is 1.71. The zero-order valence-corrected chi connectivity index (χ0v) is 14.7. The van der Waals surface area contributed by atoms with E-state index in [4.69, 9.17) is 14.6 Å². The third-order valence-corrected chi connectivity index (χ3v) is 3.71. The molecule has 26 heavy (non-hydrogen) atoms. The van der Waals surface area contributed by atoms with Gasteiger partial charge in [0.15, 0.2) is 0 Å². The molecule has 2 N–H and O–H groups in total. The summed E-state index contributed by atoms with van der Waals surface area (Å²) >= 11 is 0. The average molecular weight is 357 g/mol. The summed E-state index contributed by atoms with van der Waals surface area (Å²) in [6.07, 6.45) is 1.45. The van der Waals surface area contributed by atoms with E-state index in [1.54, 1.807) is 25.3 Å². The molecule has 0 atom stereocenters. The summed E-state index contributed by atoms with van der Waals surface area (Å²) < 4.78 is 10.7. The molecule has 0 aromatic heterocycles. The summed E-state index contributed by atoms with van der Waals surface area (Å²) in [5.41, 5.74) is 1.56. The number of hydrogen-bond donors (Lipinski definition) is 2. The minimum Gasteiger partial charge on any atom is -0.497 e. The fraction of sp³-hybridized carbons (Fsp3) is 0.300. The van der Waals surface area contributed by atoms with Crippen molar-refractivity contribution in [2.45, 2.75) is 25.7 Å². The van der Waals surface area contributed by atoms with Crippen LogP contribution in [0.15, 0.2) is 48.5 Å². The first-order chi connectivity index (χ1) is 12.6.